The van der Waals surface area contributed by atoms with Gasteiger partial charge >= 0.3 is 0 Å². The zero-order valence-corrected chi connectivity index (χ0v) is 14.0. The highest BCUT2D eigenvalue weighted by Crippen LogP contribution is 2.39. The molecule has 0 bridgehead atoms. The van der Waals surface area contributed by atoms with Gasteiger partial charge in [-0.1, -0.05) is 12.1 Å². The summed E-state index contributed by atoms with van der Waals surface area (Å²) in [5, 5.41) is 9.55. The van der Waals surface area contributed by atoms with Crippen LogP contribution in [-0.2, 0) is 6.61 Å². The summed E-state index contributed by atoms with van der Waals surface area (Å²) in [5.74, 6) is 1.42. The molecule has 0 spiro atoms. The molecule has 1 aromatic heterocycles. The van der Waals surface area contributed by atoms with Crippen molar-refractivity contribution in [2.75, 3.05) is 6.61 Å². The number of rotatable bonds is 4. The molecule has 1 aliphatic rings. The molecule has 4 rings (SSSR count). The molecule has 0 atom stereocenters. The third-order valence-electron chi connectivity index (χ3n) is 4.29. The van der Waals surface area contributed by atoms with Gasteiger partial charge in [-0.2, -0.15) is 0 Å². The number of phenols is 1. The molecule has 0 radical (unpaired) electrons. The number of carbonyl (C=O) groups excluding carboxylic acids is 1. The Labute approximate surface area is 150 Å². The maximum Gasteiger partial charge on any atom is 0.170 e. The number of pyridine rings is 1. The van der Waals surface area contributed by atoms with Gasteiger partial charge in [-0.15, -0.1) is 0 Å². The van der Waals surface area contributed by atoms with Crippen LogP contribution in [0.25, 0.3) is 11.1 Å². The van der Waals surface area contributed by atoms with Crippen molar-refractivity contribution in [2.24, 2.45) is 0 Å². The van der Waals surface area contributed by atoms with Crippen LogP contribution in [0.2, 0.25) is 0 Å². The molecule has 1 aliphatic heterocycles. The normalized spacial score (nSPS) is 13.0. The Morgan fingerprint density at radius 3 is 2.58 bits per heavy atom. The zero-order chi connectivity index (χ0) is 17.9. The third-order valence-corrected chi connectivity index (χ3v) is 4.29. The Kier molecular flexibility index (Phi) is 4.27. The van der Waals surface area contributed by atoms with Gasteiger partial charge in [0, 0.05) is 30.4 Å². The van der Waals surface area contributed by atoms with Crippen molar-refractivity contribution in [3.05, 3.63) is 72.1 Å². The first-order chi connectivity index (χ1) is 12.7. The molecule has 0 saturated carbocycles. The van der Waals surface area contributed by atoms with E-state index in [-0.39, 0.29) is 11.5 Å². The summed E-state index contributed by atoms with van der Waals surface area (Å²) >= 11 is 0. The third kappa shape index (κ3) is 3.24. The number of phenolic OH excluding ortho intramolecular Hbond substituents is 1. The smallest absolute Gasteiger partial charge is 0.170 e. The molecule has 2 aromatic carbocycles. The van der Waals surface area contributed by atoms with Gasteiger partial charge in [-0.05, 0) is 41.5 Å². The summed E-state index contributed by atoms with van der Waals surface area (Å²) in [6.45, 7) is 0.758. The highest BCUT2D eigenvalue weighted by atomic mass is 16.5. The molecule has 3 aromatic rings. The van der Waals surface area contributed by atoms with Crippen LogP contribution in [0.1, 0.15) is 22.3 Å². The summed E-state index contributed by atoms with van der Waals surface area (Å²) in [6.07, 6.45) is 3.81. The van der Waals surface area contributed by atoms with Crippen molar-refractivity contribution >= 4 is 5.78 Å². The molecule has 2 heterocycles. The second-order valence-electron chi connectivity index (χ2n) is 6.06. The van der Waals surface area contributed by atoms with Gasteiger partial charge in [0.15, 0.2) is 5.78 Å². The number of ketones is 1. The zero-order valence-electron chi connectivity index (χ0n) is 14.0. The van der Waals surface area contributed by atoms with E-state index in [1.807, 2.05) is 18.2 Å². The summed E-state index contributed by atoms with van der Waals surface area (Å²) in [7, 11) is 0. The number of ether oxygens (including phenoxy) is 2. The molecule has 0 fully saturated rings. The number of hydrogen-bond donors (Lipinski definition) is 1. The number of carbonyl (C=O) groups is 1. The lowest BCUT2D eigenvalue weighted by Gasteiger charge is -2.20. The standard InChI is InChI=1S/C21H17NO4/c23-16-3-1-15(2-4-16)17-11-18-19(24)7-10-25-21(18)12-20(17)26-13-14-5-8-22-9-6-14/h1-6,8-9,11-12,23H,7,10,13H2. The first kappa shape index (κ1) is 16.1. The van der Waals surface area contributed by atoms with Gasteiger partial charge in [0.1, 0.15) is 23.9 Å². The number of hydrogen-bond acceptors (Lipinski definition) is 5. The number of fused-ring (bicyclic) bond motifs is 1. The quantitative estimate of drug-likeness (QED) is 0.772. The summed E-state index contributed by atoms with van der Waals surface area (Å²) in [5.41, 5.74) is 3.20. The SMILES string of the molecule is O=C1CCOc2cc(OCc3ccncc3)c(-c3ccc(O)cc3)cc21. The Hall–Kier alpha value is -3.34. The minimum absolute atomic E-state index is 0.0620. The Morgan fingerprint density at radius 1 is 1.04 bits per heavy atom. The minimum atomic E-state index is 0.0620. The van der Waals surface area contributed by atoms with E-state index in [9.17, 15) is 9.90 Å². The highest BCUT2D eigenvalue weighted by molar-refractivity contribution is 6.01. The van der Waals surface area contributed by atoms with Crippen LogP contribution >= 0.6 is 0 Å². The molecular weight excluding hydrogens is 330 g/mol. The largest absolute Gasteiger partial charge is 0.508 e. The number of Topliss-reactive ketones (excluding diaryl/α,β-unsaturated/α-hetero) is 1. The molecule has 0 saturated heterocycles. The topological polar surface area (TPSA) is 68.7 Å². The van der Waals surface area contributed by atoms with E-state index in [1.54, 1.807) is 42.7 Å². The van der Waals surface area contributed by atoms with E-state index >= 15 is 0 Å². The Balaban J connectivity index is 1.75. The van der Waals surface area contributed by atoms with Gasteiger partial charge in [0.05, 0.1) is 12.2 Å². The van der Waals surface area contributed by atoms with E-state index in [0.29, 0.717) is 36.7 Å². The van der Waals surface area contributed by atoms with Crippen molar-refractivity contribution < 1.29 is 19.4 Å². The number of aromatic nitrogens is 1. The van der Waals surface area contributed by atoms with Crippen LogP contribution in [0.4, 0.5) is 0 Å². The lowest BCUT2D eigenvalue weighted by atomic mass is 9.97. The van der Waals surface area contributed by atoms with Crippen LogP contribution < -0.4 is 9.47 Å². The maximum atomic E-state index is 12.2. The predicted molar refractivity (Wildman–Crippen MR) is 96.6 cm³/mol. The molecule has 26 heavy (non-hydrogen) atoms. The van der Waals surface area contributed by atoms with Crippen molar-refractivity contribution in [3.8, 4) is 28.4 Å². The second-order valence-corrected chi connectivity index (χ2v) is 6.06. The van der Waals surface area contributed by atoms with Gasteiger partial charge < -0.3 is 14.6 Å². The van der Waals surface area contributed by atoms with Crippen LogP contribution in [-0.4, -0.2) is 22.5 Å². The van der Waals surface area contributed by atoms with Crippen molar-refractivity contribution in [3.63, 3.8) is 0 Å². The molecular formula is C21H17NO4. The van der Waals surface area contributed by atoms with Crippen LogP contribution in [0.15, 0.2) is 60.9 Å². The molecule has 130 valence electrons. The highest BCUT2D eigenvalue weighted by Gasteiger charge is 2.22. The van der Waals surface area contributed by atoms with Crippen LogP contribution in [0.5, 0.6) is 17.2 Å². The Bertz CT molecular complexity index is 936. The Morgan fingerprint density at radius 2 is 1.81 bits per heavy atom. The van der Waals surface area contributed by atoms with E-state index < -0.39 is 0 Å². The first-order valence-electron chi connectivity index (χ1n) is 8.36. The van der Waals surface area contributed by atoms with E-state index in [1.165, 1.54) is 0 Å². The predicted octanol–water partition coefficient (Wildman–Crippen LogP) is 4.00. The van der Waals surface area contributed by atoms with Crippen molar-refractivity contribution in [1.29, 1.82) is 0 Å². The minimum Gasteiger partial charge on any atom is -0.508 e. The van der Waals surface area contributed by atoms with Gasteiger partial charge in [0.25, 0.3) is 0 Å². The first-order valence-corrected chi connectivity index (χ1v) is 8.36. The average Bonchev–Trinajstić information content (AvgIpc) is 2.68. The molecule has 0 amide bonds. The molecule has 5 heteroatoms. The lowest BCUT2D eigenvalue weighted by molar-refractivity contribution is 0.0933. The van der Waals surface area contributed by atoms with Crippen molar-refractivity contribution in [1.82, 2.24) is 4.98 Å². The van der Waals surface area contributed by atoms with E-state index in [4.69, 9.17) is 9.47 Å². The number of aromatic hydroxyl groups is 1. The van der Waals surface area contributed by atoms with Crippen LogP contribution in [0, 0.1) is 0 Å². The fourth-order valence-electron chi connectivity index (χ4n) is 2.91. The lowest BCUT2D eigenvalue weighted by Crippen LogP contribution is -2.15. The second kappa shape index (κ2) is 6.88. The summed E-state index contributed by atoms with van der Waals surface area (Å²) in [4.78, 5) is 16.2. The summed E-state index contributed by atoms with van der Waals surface area (Å²) < 4.78 is 11.7. The monoisotopic (exact) mass is 347 g/mol. The number of nitrogens with zero attached hydrogens (tertiary/aromatic N) is 1. The molecule has 5 nitrogen and oxygen atoms in total. The van der Waals surface area contributed by atoms with Crippen molar-refractivity contribution in [2.45, 2.75) is 13.0 Å². The van der Waals surface area contributed by atoms with E-state index in [2.05, 4.69) is 4.98 Å². The summed E-state index contributed by atoms with van der Waals surface area (Å²) in [6, 6.07) is 14.2. The maximum absolute atomic E-state index is 12.2. The molecule has 1 N–H and O–H groups in total. The van der Waals surface area contributed by atoms with Gasteiger partial charge in [-0.3, -0.25) is 9.78 Å². The fraction of sp³-hybridized carbons (Fsp3) is 0.143. The van der Waals surface area contributed by atoms with E-state index in [0.717, 1.165) is 16.7 Å². The molecule has 0 aliphatic carbocycles. The average molecular weight is 347 g/mol. The number of benzene rings is 2. The molecule has 0 unspecified atom stereocenters. The fourth-order valence-corrected chi connectivity index (χ4v) is 2.91. The van der Waals surface area contributed by atoms with Gasteiger partial charge in [-0.25, -0.2) is 0 Å². The van der Waals surface area contributed by atoms with Crippen LogP contribution in [0.3, 0.4) is 0 Å². The van der Waals surface area contributed by atoms with Gasteiger partial charge in [0.2, 0.25) is 0 Å².